The molecule has 0 aliphatic rings. The van der Waals surface area contributed by atoms with Crippen LogP contribution in [-0.4, -0.2) is 20.0 Å². The molecule has 2 aromatic rings. The van der Waals surface area contributed by atoms with E-state index in [0.717, 1.165) is 9.13 Å². The number of rotatable bonds is 2. The van der Waals surface area contributed by atoms with E-state index in [4.69, 9.17) is 0 Å². The summed E-state index contributed by atoms with van der Waals surface area (Å²) in [4.78, 5) is 39.6. The summed E-state index contributed by atoms with van der Waals surface area (Å²) >= 11 is 4.29. The largest absolute Gasteiger partial charge is 0.331 e. The second-order valence-electron chi connectivity index (χ2n) is 3.66. The summed E-state index contributed by atoms with van der Waals surface area (Å²) in [5, 5.41) is 4.62. The Morgan fingerprint density at radius 1 is 1.37 bits per heavy atom. The van der Waals surface area contributed by atoms with Crippen LogP contribution in [0.15, 0.2) is 25.6 Å². The molecule has 2 aromatic heterocycles. The molecule has 2 heterocycles. The van der Waals surface area contributed by atoms with Gasteiger partial charge in [-0.05, 0) is 15.9 Å². The first-order valence-electron chi connectivity index (χ1n) is 5.10. The van der Waals surface area contributed by atoms with E-state index in [-0.39, 0.29) is 10.2 Å². The molecular weight excluding hydrogens is 336 g/mol. The molecule has 100 valence electrons. The van der Waals surface area contributed by atoms with Crippen molar-refractivity contribution in [2.75, 3.05) is 5.32 Å². The lowest BCUT2D eigenvalue weighted by atomic mass is 10.3. The maximum absolute atomic E-state index is 12.1. The normalized spacial score (nSPS) is 10.5. The molecule has 0 aromatic carbocycles. The number of nitrogens with one attached hydrogen (secondary N) is 1. The minimum absolute atomic E-state index is 0.0335. The minimum Gasteiger partial charge on any atom is -0.297 e. The predicted octanol–water partition coefficient (Wildman–Crippen LogP) is 0.555. The lowest BCUT2D eigenvalue weighted by Crippen LogP contribution is -2.41. The van der Waals surface area contributed by atoms with Gasteiger partial charge < -0.3 is 0 Å². The highest BCUT2D eigenvalue weighted by molar-refractivity contribution is 9.10. The summed E-state index contributed by atoms with van der Waals surface area (Å²) in [6.07, 6.45) is 1.54. The van der Waals surface area contributed by atoms with E-state index >= 15 is 0 Å². The molecule has 7 nitrogen and oxygen atoms in total. The fraction of sp³-hybridized carbons (Fsp3) is 0.200. The van der Waals surface area contributed by atoms with Crippen LogP contribution in [0.2, 0.25) is 0 Å². The topological polar surface area (TPSA) is 86.0 Å². The zero-order chi connectivity index (χ0) is 14.2. The molecule has 0 aliphatic heterocycles. The predicted molar refractivity (Wildman–Crippen MR) is 74.7 cm³/mol. The third-order valence-electron chi connectivity index (χ3n) is 2.48. The van der Waals surface area contributed by atoms with E-state index in [1.54, 1.807) is 11.6 Å². The van der Waals surface area contributed by atoms with Crippen molar-refractivity contribution in [1.82, 2.24) is 14.1 Å². The molecule has 0 fully saturated rings. The van der Waals surface area contributed by atoms with Crippen LogP contribution in [0.3, 0.4) is 0 Å². The van der Waals surface area contributed by atoms with E-state index in [1.807, 2.05) is 0 Å². The van der Waals surface area contributed by atoms with Gasteiger partial charge in [-0.15, -0.1) is 11.3 Å². The highest BCUT2D eigenvalue weighted by atomic mass is 79.9. The molecule has 1 amide bonds. The molecule has 0 atom stereocenters. The van der Waals surface area contributed by atoms with Crippen molar-refractivity contribution in [1.29, 1.82) is 0 Å². The van der Waals surface area contributed by atoms with Crippen LogP contribution in [0.4, 0.5) is 5.13 Å². The van der Waals surface area contributed by atoms with Crippen molar-refractivity contribution >= 4 is 38.3 Å². The molecule has 0 aliphatic carbocycles. The molecule has 0 unspecified atom stereocenters. The van der Waals surface area contributed by atoms with Crippen molar-refractivity contribution < 1.29 is 4.79 Å². The molecule has 0 saturated heterocycles. The molecule has 0 saturated carbocycles. The first kappa shape index (κ1) is 13.7. The summed E-state index contributed by atoms with van der Waals surface area (Å²) in [5.41, 5.74) is -1.17. The third-order valence-corrected chi connectivity index (χ3v) is 3.88. The Bertz CT molecular complexity index is 710. The zero-order valence-electron chi connectivity index (χ0n) is 10.0. The smallest absolute Gasteiger partial charge is 0.297 e. The maximum Gasteiger partial charge on any atom is 0.331 e. The molecule has 1 N–H and O–H groups in total. The van der Waals surface area contributed by atoms with Crippen LogP contribution in [0.1, 0.15) is 10.5 Å². The number of amides is 1. The van der Waals surface area contributed by atoms with E-state index in [2.05, 4.69) is 26.2 Å². The van der Waals surface area contributed by atoms with Crippen LogP contribution < -0.4 is 16.6 Å². The molecule has 0 radical (unpaired) electrons. The fourth-order valence-electron chi connectivity index (χ4n) is 1.50. The highest BCUT2D eigenvalue weighted by Gasteiger charge is 2.20. The van der Waals surface area contributed by atoms with Crippen LogP contribution in [-0.2, 0) is 14.1 Å². The Morgan fingerprint density at radius 2 is 2.05 bits per heavy atom. The van der Waals surface area contributed by atoms with Crippen LogP contribution in [0.25, 0.3) is 0 Å². The van der Waals surface area contributed by atoms with Gasteiger partial charge in [0, 0.05) is 25.7 Å². The van der Waals surface area contributed by atoms with Crippen molar-refractivity contribution in [3.63, 3.8) is 0 Å². The Labute approximate surface area is 119 Å². The van der Waals surface area contributed by atoms with E-state index < -0.39 is 17.2 Å². The first-order chi connectivity index (χ1) is 8.93. The number of halogens is 1. The molecule has 0 spiro atoms. The van der Waals surface area contributed by atoms with Gasteiger partial charge in [0.05, 0.1) is 0 Å². The average molecular weight is 345 g/mol. The molecule has 0 bridgehead atoms. The highest BCUT2D eigenvalue weighted by Crippen LogP contribution is 2.14. The standard InChI is InChI=1S/C10H9BrN4O3S/c1-14-6(5(11)8(17)15(2)10(14)18)7(16)13-9-12-3-4-19-9/h3-4H,1-2H3,(H,12,13,16). The Hall–Kier alpha value is -1.74. The van der Waals surface area contributed by atoms with Crippen molar-refractivity contribution in [3.05, 3.63) is 42.6 Å². The van der Waals surface area contributed by atoms with Crippen LogP contribution >= 0.6 is 27.3 Å². The molecular formula is C10H9BrN4O3S. The molecule has 2 rings (SSSR count). The van der Waals surface area contributed by atoms with Crippen LogP contribution in [0, 0.1) is 0 Å². The first-order valence-corrected chi connectivity index (χ1v) is 6.77. The van der Waals surface area contributed by atoms with Gasteiger partial charge in [0.1, 0.15) is 10.2 Å². The number of carbonyl (C=O) groups excluding carboxylic acids is 1. The van der Waals surface area contributed by atoms with Gasteiger partial charge in [-0.1, -0.05) is 0 Å². The fourth-order valence-corrected chi connectivity index (χ4v) is 2.73. The zero-order valence-corrected chi connectivity index (χ0v) is 12.4. The van der Waals surface area contributed by atoms with Gasteiger partial charge in [0.25, 0.3) is 11.5 Å². The monoisotopic (exact) mass is 344 g/mol. The summed E-state index contributed by atoms with van der Waals surface area (Å²) in [6, 6.07) is 0. The number of nitrogens with zero attached hydrogens (tertiary/aromatic N) is 3. The quantitative estimate of drug-likeness (QED) is 0.862. The van der Waals surface area contributed by atoms with Gasteiger partial charge >= 0.3 is 5.69 Å². The number of aromatic nitrogens is 3. The molecule has 19 heavy (non-hydrogen) atoms. The number of thiazole rings is 1. The Kier molecular flexibility index (Phi) is 3.67. The Balaban J connectivity index is 2.54. The summed E-state index contributed by atoms with van der Waals surface area (Å²) in [5.74, 6) is -0.570. The minimum atomic E-state index is -0.572. The lowest BCUT2D eigenvalue weighted by molar-refractivity contribution is 0.101. The number of anilines is 1. The second kappa shape index (κ2) is 5.10. The number of hydrogen-bond donors (Lipinski definition) is 1. The van der Waals surface area contributed by atoms with Gasteiger partial charge in [0.15, 0.2) is 5.13 Å². The van der Waals surface area contributed by atoms with E-state index in [9.17, 15) is 14.4 Å². The van der Waals surface area contributed by atoms with Gasteiger partial charge in [-0.2, -0.15) is 0 Å². The second-order valence-corrected chi connectivity index (χ2v) is 5.35. The summed E-state index contributed by atoms with van der Waals surface area (Å²) < 4.78 is 2.06. The average Bonchev–Trinajstić information content (AvgIpc) is 2.87. The summed E-state index contributed by atoms with van der Waals surface area (Å²) in [6.45, 7) is 0. The maximum atomic E-state index is 12.1. The van der Waals surface area contributed by atoms with E-state index in [1.165, 1.54) is 25.4 Å². The van der Waals surface area contributed by atoms with Gasteiger partial charge in [-0.25, -0.2) is 9.78 Å². The Morgan fingerprint density at radius 3 is 2.63 bits per heavy atom. The number of hydrogen-bond acceptors (Lipinski definition) is 5. The number of carbonyl (C=O) groups is 1. The van der Waals surface area contributed by atoms with E-state index in [0.29, 0.717) is 5.13 Å². The van der Waals surface area contributed by atoms with Crippen molar-refractivity contribution in [2.24, 2.45) is 14.1 Å². The van der Waals surface area contributed by atoms with Crippen molar-refractivity contribution in [3.8, 4) is 0 Å². The third kappa shape index (κ3) is 2.38. The lowest BCUT2D eigenvalue weighted by Gasteiger charge is -2.10. The van der Waals surface area contributed by atoms with Gasteiger partial charge in [-0.3, -0.25) is 24.0 Å². The summed E-state index contributed by atoms with van der Waals surface area (Å²) in [7, 11) is 2.77. The SMILES string of the molecule is Cn1c(C(=O)Nc2nccs2)c(Br)c(=O)n(C)c1=O. The van der Waals surface area contributed by atoms with Crippen molar-refractivity contribution in [2.45, 2.75) is 0 Å². The molecule has 9 heteroatoms. The van der Waals surface area contributed by atoms with Crippen LogP contribution in [0.5, 0.6) is 0 Å². The van der Waals surface area contributed by atoms with Gasteiger partial charge in [0.2, 0.25) is 0 Å².